The molecule has 0 aromatic rings. The number of rotatable bonds is 10. The van der Waals surface area contributed by atoms with Crippen molar-refractivity contribution < 1.29 is 29.6 Å². The van der Waals surface area contributed by atoms with Crippen LogP contribution in [0, 0.1) is 63.1 Å². The van der Waals surface area contributed by atoms with Gasteiger partial charge in [0.25, 0.3) is 0 Å². The van der Waals surface area contributed by atoms with Crippen LogP contribution in [0.1, 0.15) is 183 Å². The first-order chi connectivity index (χ1) is 27.9. The normalized spacial score (nSPS) is 48.5. The van der Waals surface area contributed by atoms with E-state index >= 15 is 0 Å². The maximum Gasteiger partial charge on any atom is 0.159 e. The van der Waals surface area contributed by atoms with Gasteiger partial charge < -0.3 is 35.8 Å². The number of nitrogens with one attached hydrogen (secondary N) is 1. The first-order valence-electron chi connectivity index (χ1n) is 25.1. The topological polar surface area (TPSA) is 138 Å². The second-order valence-corrected chi connectivity index (χ2v) is 24.2. The molecular weight excluding hydrogens is 737 g/mol. The SMILES string of the molecule is CC1CCOC(C2OC2C(C)(O)C(C)(C)CCC2CCNC(N)C2)(C2CCC3(O)C4=CC(=O)C5CC(O)CC6(CCCC6)C5(C)C4C(CCC4CCCCC4)CC23C)C1. The predicted molar refractivity (Wildman–Crippen MR) is 232 cm³/mol. The molecule has 3 saturated heterocycles. The van der Waals surface area contributed by atoms with E-state index in [2.05, 4.69) is 39.9 Å². The average molecular weight is 821 g/mol. The molecular formula is C51H84N2O6. The number of allylic oxidation sites excluding steroid dienone is 1. The van der Waals surface area contributed by atoms with Crippen LogP contribution in [0.4, 0.5) is 0 Å². The number of aliphatic hydroxyl groups is 3. The lowest BCUT2D eigenvalue weighted by Gasteiger charge is -2.67. The molecule has 0 aromatic heterocycles. The quantitative estimate of drug-likeness (QED) is 0.138. The highest BCUT2D eigenvalue weighted by atomic mass is 16.6. The van der Waals surface area contributed by atoms with Crippen molar-refractivity contribution in [3.05, 3.63) is 11.6 Å². The zero-order chi connectivity index (χ0) is 41.8. The van der Waals surface area contributed by atoms with Crippen molar-refractivity contribution in [2.45, 2.75) is 224 Å². The third kappa shape index (κ3) is 6.77. The zero-order valence-corrected chi connectivity index (χ0v) is 38.0. The van der Waals surface area contributed by atoms with Gasteiger partial charge >= 0.3 is 0 Å². The Kier molecular flexibility index (Phi) is 11.3. The number of ketones is 1. The van der Waals surface area contributed by atoms with Crippen LogP contribution in [0.2, 0.25) is 0 Å². The zero-order valence-electron chi connectivity index (χ0n) is 38.0. The number of ether oxygens (including phenoxy) is 2. The first kappa shape index (κ1) is 43.4. The van der Waals surface area contributed by atoms with E-state index in [0.717, 1.165) is 95.1 Å². The molecule has 3 heterocycles. The number of carbonyl (C=O) groups excluding carboxylic acids is 1. The maximum absolute atomic E-state index is 14.8. The average Bonchev–Trinajstić information content (AvgIpc) is 3.81. The van der Waals surface area contributed by atoms with Crippen molar-refractivity contribution in [3.63, 3.8) is 0 Å². The highest BCUT2D eigenvalue weighted by molar-refractivity contribution is 5.95. The van der Waals surface area contributed by atoms with Gasteiger partial charge in [-0.1, -0.05) is 86.0 Å². The monoisotopic (exact) mass is 821 g/mol. The van der Waals surface area contributed by atoms with Crippen molar-refractivity contribution in [2.75, 3.05) is 13.2 Å². The second-order valence-electron chi connectivity index (χ2n) is 24.2. The van der Waals surface area contributed by atoms with Crippen molar-refractivity contribution in [1.29, 1.82) is 0 Å². The number of fused-ring (bicyclic) bond motifs is 6. The molecule has 6 aliphatic carbocycles. The van der Waals surface area contributed by atoms with Gasteiger partial charge in [-0.2, -0.15) is 0 Å². The van der Waals surface area contributed by atoms with E-state index in [9.17, 15) is 20.1 Å². The van der Waals surface area contributed by atoms with Crippen LogP contribution in [0.5, 0.6) is 0 Å². The van der Waals surface area contributed by atoms with Gasteiger partial charge in [0.15, 0.2) is 5.78 Å². The van der Waals surface area contributed by atoms with Crippen LogP contribution in [0.25, 0.3) is 0 Å². The Hall–Kier alpha value is -0.870. The molecule has 8 nitrogen and oxygen atoms in total. The summed E-state index contributed by atoms with van der Waals surface area (Å²) >= 11 is 0. The minimum atomic E-state index is -1.12. The van der Waals surface area contributed by atoms with E-state index in [-0.39, 0.29) is 58.2 Å². The molecule has 1 spiro atoms. The molecule has 59 heavy (non-hydrogen) atoms. The largest absolute Gasteiger partial charge is 0.393 e. The number of hydrogen-bond donors (Lipinski definition) is 5. The standard InChI is InChI=1S/C51H84N2O6/c1-32-19-25-58-50(29-32,44-43(59-44)48(6,56)45(2,3)22-16-34-18-24-53-41(52)26-34)40-17-23-51(57)38-28-39(55)37-27-36(54)31-49(20-10-11-21-49)47(37,5)42(38)35(30-46(40,51)4)15-14-33-12-8-7-9-13-33/h28,32-37,40-44,53-54,56-57H,7-27,29-31,52H2,1-6H3. The summed E-state index contributed by atoms with van der Waals surface area (Å²) in [7, 11) is 0. The van der Waals surface area contributed by atoms with E-state index in [0.29, 0.717) is 37.2 Å². The maximum atomic E-state index is 14.8. The lowest BCUT2D eigenvalue weighted by atomic mass is 9.37. The molecule has 6 N–H and O–H groups in total. The molecule has 0 bridgehead atoms. The molecule has 3 aliphatic heterocycles. The summed E-state index contributed by atoms with van der Waals surface area (Å²) in [6, 6.07) is 0. The fourth-order valence-electron chi connectivity index (χ4n) is 17.1. The minimum Gasteiger partial charge on any atom is -0.393 e. The van der Waals surface area contributed by atoms with Crippen molar-refractivity contribution >= 4 is 5.78 Å². The molecule has 15 unspecified atom stereocenters. The van der Waals surface area contributed by atoms with Crippen molar-refractivity contribution in [3.8, 4) is 0 Å². The number of aliphatic hydroxyl groups excluding tert-OH is 1. The Labute approximate surface area is 357 Å². The van der Waals surface area contributed by atoms with Gasteiger partial charge in [0.1, 0.15) is 17.8 Å². The Balaban J connectivity index is 1.07. The fourth-order valence-corrected chi connectivity index (χ4v) is 17.1. The highest BCUT2D eigenvalue weighted by Crippen LogP contribution is 2.76. The van der Waals surface area contributed by atoms with Crippen molar-refractivity contribution in [2.24, 2.45) is 68.8 Å². The Morgan fingerprint density at radius 3 is 2.36 bits per heavy atom. The molecule has 0 amide bonds. The molecule has 0 aromatic carbocycles. The summed E-state index contributed by atoms with van der Waals surface area (Å²) < 4.78 is 14.2. The smallest absolute Gasteiger partial charge is 0.159 e. The number of hydrogen-bond acceptors (Lipinski definition) is 8. The van der Waals surface area contributed by atoms with Crippen LogP contribution in [-0.2, 0) is 14.3 Å². The van der Waals surface area contributed by atoms with Gasteiger partial charge in [-0.15, -0.1) is 0 Å². The van der Waals surface area contributed by atoms with Crippen LogP contribution in [0.15, 0.2) is 11.6 Å². The molecule has 5 saturated carbocycles. The minimum absolute atomic E-state index is 0.0289. The fraction of sp³-hybridized carbons (Fsp3) is 0.941. The highest BCUT2D eigenvalue weighted by Gasteiger charge is 2.77. The van der Waals surface area contributed by atoms with E-state index in [1.165, 1.54) is 51.4 Å². The summed E-state index contributed by atoms with van der Waals surface area (Å²) in [6.07, 6.45) is 24.2. The van der Waals surface area contributed by atoms with Crippen molar-refractivity contribution in [1.82, 2.24) is 5.32 Å². The Bertz CT molecular complexity index is 1600. The predicted octanol–water partition coefficient (Wildman–Crippen LogP) is 8.77. The molecule has 15 atom stereocenters. The van der Waals surface area contributed by atoms with Gasteiger partial charge in [0.2, 0.25) is 0 Å². The number of nitrogens with two attached hydrogens (primary N) is 1. The molecule has 0 radical (unpaired) electrons. The first-order valence-corrected chi connectivity index (χ1v) is 25.1. The molecule has 8 fully saturated rings. The summed E-state index contributed by atoms with van der Waals surface area (Å²) in [4.78, 5) is 14.8. The number of carbonyl (C=O) groups is 1. The Morgan fingerprint density at radius 2 is 1.64 bits per heavy atom. The van der Waals surface area contributed by atoms with Gasteiger partial charge in [0.05, 0.1) is 23.5 Å². The summed E-state index contributed by atoms with van der Waals surface area (Å²) in [5.74, 6) is 2.25. The second kappa shape index (κ2) is 15.4. The van der Waals surface area contributed by atoms with E-state index < -0.39 is 28.3 Å². The third-order valence-electron chi connectivity index (χ3n) is 20.9. The number of epoxide rings is 1. The van der Waals surface area contributed by atoms with Gasteiger partial charge in [-0.25, -0.2) is 0 Å². The van der Waals surface area contributed by atoms with E-state index in [1.807, 2.05) is 13.0 Å². The van der Waals surface area contributed by atoms with Crippen LogP contribution < -0.4 is 11.1 Å². The summed E-state index contributed by atoms with van der Waals surface area (Å²) in [6.45, 7) is 15.3. The Morgan fingerprint density at radius 1 is 0.898 bits per heavy atom. The number of piperidine rings is 1. The van der Waals surface area contributed by atoms with Gasteiger partial charge in [0, 0.05) is 17.9 Å². The molecule has 9 rings (SSSR count). The molecule has 9 aliphatic rings. The van der Waals surface area contributed by atoms with Crippen LogP contribution in [-0.4, -0.2) is 75.5 Å². The van der Waals surface area contributed by atoms with Crippen LogP contribution in [0.3, 0.4) is 0 Å². The molecule has 8 heteroatoms. The van der Waals surface area contributed by atoms with Gasteiger partial charge in [-0.05, 0) is 167 Å². The summed E-state index contributed by atoms with van der Waals surface area (Å²) in [5.41, 5.74) is 3.27. The lowest BCUT2D eigenvalue weighted by molar-refractivity contribution is -0.212. The van der Waals surface area contributed by atoms with Crippen LogP contribution >= 0.6 is 0 Å². The summed E-state index contributed by atoms with van der Waals surface area (Å²) in [5, 5.41) is 41.3. The lowest BCUT2D eigenvalue weighted by Crippen LogP contribution is -2.67. The van der Waals surface area contributed by atoms with E-state index in [1.54, 1.807) is 0 Å². The van der Waals surface area contributed by atoms with Gasteiger partial charge in [-0.3, -0.25) is 4.79 Å². The van der Waals surface area contributed by atoms with E-state index in [4.69, 9.17) is 15.2 Å². The molecule has 334 valence electrons. The third-order valence-corrected chi connectivity index (χ3v) is 20.9.